The van der Waals surface area contributed by atoms with Gasteiger partial charge in [0.1, 0.15) is 0 Å². The van der Waals surface area contributed by atoms with Gasteiger partial charge in [-0.1, -0.05) is 39.0 Å². The Morgan fingerprint density at radius 2 is 2.22 bits per heavy atom. The van der Waals surface area contributed by atoms with Gasteiger partial charge in [-0.25, -0.2) is 4.79 Å². The molecule has 3 heteroatoms. The van der Waals surface area contributed by atoms with Gasteiger partial charge in [0, 0.05) is 11.0 Å². The summed E-state index contributed by atoms with van der Waals surface area (Å²) in [6, 6.07) is 2.02. The first-order valence-corrected chi connectivity index (χ1v) is 8.51. The molecule has 0 bridgehead atoms. The molecular formula is C20H26O3. The molecule has 1 fully saturated rings. The number of aliphatic carboxylic acids is 1. The molecule has 3 nitrogen and oxygen atoms in total. The molecule has 23 heavy (non-hydrogen) atoms. The van der Waals surface area contributed by atoms with Crippen molar-refractivity contribution in [2.24, 2.45) is 22.7 Å². The zero-order valence-corrected chi connectivity index (χ0v) is 14.2. The summed E-state index contributed by atoms with van der Waals surface area (Å²) in [5.41, 5.74) is 1.62. The van der Waals surface area contributed by atoms with E-state index in [-0.39, 0.29) is 16.7 Å². The van der Waals surface area contributed by atoms with E-state index in [1.165, 1.54) is 5.56 Å². The largest absolute Gasteiger partial charge is 0.478 e. The fourth-order valence-corrected chi connectivity index (χ4v) is 4.79. The maximum absolute atomic E-state index is 11.7. The lowest BCUT2D eigenvalue weighted by Gasteiger charge is -2.56. The normalized spacial score (nSPS) is 36.4. The number of furan rings is 1. The predicted octanol–water partition coefficient (Wildman–Crippen LogP) is 4.85. The molecule has 2 aliphatic rings. The summed E-state index contributed by atoms with van der Waals surface area (Å²) in [5.74, 6) is 0.0700. The van der Waals surface area contributed by atoms with Crippen molar-refractivity contribution in [1.29, 1.82) is 0 Å². The highest BCUT2D eigenvalue weighted by Gasteiger charge is 2.54. The molecule has 0 amide bonds. The third-order valence-corrected chi connectivity index (χ3v) is 6.56. The van der Waals surface area contributed by atoms with Crippen LogP contribution in [0.2, 0.25) is 0 Å². The third kappa shape index (κ3) is 2.56. The second kappa shape index (κ2) is 5.70. The van der Waals surface area contributed by atoms with Crippen LogP contribution in [0.4, 0.5) is 0 Å². The summed E-state index contributed by atoms with van der Waals surface area (Å²) in [7, 11) is 0. The van der Waals surface area contributed by atoms with Crippen LogP contribution in [0.3, 0.4) is 0 Å². The number of carbonyl (C=O) groups is 1. The van der Waals surface area contributed by atoms with Crippen LogP contribution in [-0.2, 0) is 11.2 Å². The van der Waals surface area contributed by atoms with Gasteiger partial charge in [-0.2, -0.15) is 0 Å². The van der Waals surface area contributed by atoms with Gasteiger partial charge in [-0.3, -0.25) is 0 Å². The molecule has 124 valence electrons. The summed E-state index contributed by atoms with van der Waals surface area (Å²) in [4.78, 5) is 11.7. The summed E-state index contributed by atoms with van der Waals surface area (Å²) in [6.07, 6.45) is 13.6. The predicted molar refractivity (Wildman–Crippen MR) is 90.0 cm³/mol. The van der Waals surface area contributed by atoms with Crippen molar-refractivity contribution < 1.29 is 14.3 Å². The molecule has 1 aromatic heterocycles. The van der Waals surface area contributed by atoms with E-state index in [2.05, 4.69) is 26.8 Å². The van der Waals surface area contributed by atoms with Crippen molar-refractivity contribution in [2.75, 3.05) is 0 Å². The zero-order chi connectivity index (χ0) is 16.7. The lowest BCUT2D eigenvalue weighted by atomic mass is 9.48. The Labute approximate surface area is 138 Å². The second-order valence-corrected chi connectivity index (χ2v) is 7.74. The SMILES string of the molecule is C[C@H]1CC[C@@]2(C)C(C(=O)O)=CC=C[C@@H]2[C@@]1(C)CCc1ccoc1. The van der Waals surface area contributed by atoms with Gasteiger partial charge in [-0.15, -0.1) is 0 Å². The van der Waals surface area contributed by atoms with Crippen molar-refractivity contribution in [3.63, 3.8) is 0 Å². The molecule has 0 aliphatic heterocycles. The van der Waals surface area contributed by atoms with Gasteiger partial charge < -0.3 is 9.52 Å². The van der Waals surface area contributed by atoms with E-state index in [0.29, 0.717) is 11.5 Å². The minimum atomic E-state index is -0.770. The number of allylic oxidation sites excluding steroid dienone is 3. The maximum Gasteiger partial charge on any atom is 0.332 e. The van der Waals surface area contributed by atoms with Crippen LogP contribution in [0, 0.1) is 22.7 Å². The summed E-state index contributed by atoms with van der Waals surface area (Å²) < 4.78 is 5.19. The highest BCUT2D eigenvalue weighted by molar-refractivity contribution is 5.89. The van der Waals surface area contributed by atoms with Crippen LogP contribution in [0.1, 0.15) is 45.6 Å². The van der Waals surface area contributed by atoms with Crippen LogP contribution in [0.25, 0.3) is 0 Å². The number of hydrogen-bond acceptors (Lipinski definition) is 2. The molecular weight excluding hydrogens is 288 g/mol. The molecule has 1 saturated carbocycles. The average molecular weight is 314 g/mol. The number of fused-ring (bicyclic) bond motifs is 1. The van der Waals surface area contributed by atoms with Crippen LogP contribution < -0.4 is 0 Å². The van der Waals surface area contributed by atoms with E-state index in [0.717, 1.165) is 25.7 Å². The second-order valence-electron chi connectivity index (χ2n) is 7.74. The minimum absolute atomic E-state index is 0.0930. The van der Waals surface area contributed by atoms with E-state index in [9.17, 15) is 9.90 Å². The fraction of sp³-hybridized carbons (Fsp3) is 0.550. The first kappa shape index (κ1) is 16.1. The van der Waals surface area contributed by atoms with Crippen LogP contribution in [-0.4, -0.2) is 11.1 Å². The molecule has 1 N–H and O–H groups in total. The number of carboxylic acid groups (broad SMARTS) is 1. The molecule has 0 radical (unpaired) electrons. The fourth-order valence-electron chi connectivity index (χ4n) is 4.79. The third-order valence-electron chi connectivity index (χ3n) is 6.56. The first-order valence-electron chi connectivity index (χ1n) is 8.51. The van der Waals surface area contributed by atoms with Gasteiger partial charge in [0.15, 0.2) is 0 Å². The van der Waals surface area contributed by atoms with E-state index in [4.69, 9.17) is 4.42 Å². The molecule has 0 aromatic carbocycles. The molecule has 0 saturated heterocycles. The van der Waals surface area contributed by atoms with Crippen LogP contribution in [0.5, 0.6) is 0 Å². The van der Waals surface area contributed by atoms with Gasteiger partial charge in [0.05, 0.1) is 12.5 Å². The van der Waals surface area contributed by atoms with Crippen LogP contribution in [0.15, 0.2) is 46.8 Å². The number of carboxylic acids is 1. The topological polar surface area (TPSA) is 50.4 Å². The number of hydrogen-bond donors (Lipinski definition) is 1. The zero-order valence-electron chi connectivity index (χ0n) is 14.2. The molecule has 4 atom stereocenters. The van der Waals surface area contributed by atoms with Crippen molar-refractivity contribution >= 4 is 5.97 Å². The standard InChI is InChI=1S/C20H26O3/c1-14-7-10-20(3)16(18(21)22)5-4-6-17(20)19(14,2)11-8-15-9-12-23-13-15/h4-6,9,12-14,17H,7-8,10-11H2,1-3H3,(H,21,22)/t14-,17+,19-,20-/m0/s1. The Bertz CT molecular complexity index is 640. The smallest absolute Gasteiger partial charge is 0.332 e. The van der Waals surface area contributed by atoms with Gasteiger partial charge in [0.25, 0.3) is 0 Å². The van der Waals surface area contributed by atoms with Crippen molar-refractivity contribution in [2.45, 2.75) is 46.5 Å². The Hall–Kier alpha value is -1.77. The highest BCUT2D eigenvalue weighted by Crippen LogP contribution is 2.60. The lowest BCUT2D eigenvalue weighted by molar-refractivity contribution is -0.135. The number of aryl methyl sites for hydroxylation is 1. The van der Waals surface area contributed by atoms with Gasteiger partial charge >= 0.3 is 5.97 Å². The minimum Gasteiger partial charge on any atom is -0.478 e. The summed E-state index contributed by atoms with van der Waals surface area (Å²) in [6.45, 7) is 6.81. The molecule has 1 aromatic rings. The summed E-state index contributed by atoms with van der Waals surface area (Å²) in [5, 5.41) is 9.64. The highest BCUT2D eigenvalue weighted by atomic mass is 16.4. The van der Waals surface area contributed by atoms with Crippen molar-refractivity contribution in [3.05, 3.63) is 48.0 Å². The maximum atomic E-state index is 11.7. The monoisotopic (exact) mass is 314 g/mol. The molecule has 2 aliphatic carbocycles. The molecule has 1 heterocycles. The van der Waals surface area contributed by atoms with E-state index in [1.807, 2.05) is 18.4 Å². The van der Waals surface area contributed by atoms with Crippen LogP contribution >= 0.6 is 0 Å². The van der Waals surface area contributed by atoms with E-state index >= 15 is 0 Å². The Morgan fingerprint density at radius 1 is 1.43 bits per heavy atom. The summed E-state index contributed by atoms with van der Waals surface area (Å²) >= 11 is 0. The Balaban J connectivity index is 1.91. The average Bonchev–Trinajstić information content (AvgIpc) is 3.02. The molecule has 3 rings (SSSR count). The Kier molecular flexibility index (Phi) is 3.99. The van der Waals surface area contributed by atoms with E-state index < -0.39 is 5.97 Å². The van der Waals surface area contributed by atoms with Gasteiger partial charge in [0.2, 0.25) is 0 Å². The van der Waals surface area contributed by atoms with Gasteiger partial charge in [-0.05, 0) is 54.6 Å². The lowest BCUT2D eigenvalue weighted by Crippen LogP contribution is -2.50. The molecule has 0 unspecified atom stereocenters. The quantitative estimate of drug-likeness (QED) is 0.864. The van der Waals surface area contributed by atoms with Crippen molar-refractivity contribution in [1.82, 2.24) is 0 Å². The number of rotatable bonds is 4. The molecule has 0 spiro atoms. The first-order chi connectivity index (χ1) is 10.9. The van der Waals surface area contributed by atoms with Crippen molar-refractivity contribution in [3.8, 4) is 0 Å². The Morgan fingerprint density at radius 3 is 2.87 bits per heavy atom. The van der Waals surface area contributed by atoms with E-state index in [1.54, 1.807) is 12.3 Å².